The van der Waals surface area contributed by atoms with Crippen LogP contribution in [0.15, 0.2) is 22.7 Å². The summed E-state index contributed by atoms with van der Waals surface area (Å²) in [5, 5.41) is 4.14. The number of carbonyl (C=O) groups is 1. The first kappa shape index (κ1) is 20.2. The maximum atomic E-state index is 12.4. The Hall–Kier alpha value is -2.57. The first-order valence-electron chi connectivity index (χ1n) is 10.00. The fourth-order valence-corrected chi connectivity index (χ4v) is 3.58. The lowest BCUT2D eigenvalue weighted by atomic mass is 9.97. The Morgan fingerprint density at radius 1 is 1.25 bits per heavy atom. The number of unbranched alkanes of at least 4 members (excludes halogenated alkanes) is 2. The summed E-state index contributed by atoms with van der Waals surface area (Å²) >= 11 is 0. The number of carbonyl (C=O) groups excluding carboxylic acids is 1. The van der Waals surface area contributed by atoms with Gasteiger partial charge in [-0.05, 0) is 37.5 Å². The van der Waals surface area contributed by atoms with E-state index in [4.69, 9.17) is 14.0 Å². The summed E-state index contributed by atoms with van der Waals surface area (Å²) in [4.78, 5) is 19.0. The zero-order chi connectivity index (χ0) is 19.9. The van der Waals surface area contributed by atoms with Crippen LogP contribution in [-0.2, 0) is 4.79 Å². The molecule has 28 heavy (non-hydrogen) atoms. The average molecular weight is 387 g/mol. The van der Waals surface area contributed by atoms with E-state index in [0.29, 0.717) is 36.2 Å². The molecule has 1 aliphatic heterocycles. The quantitative estimate of drug-likeness (QED) is 0.636. The molecule has 1 aliphatic rings. The number of piperidine rings is 1. The molecule has 1 saturated heterocycles. The first-order valence-corrected chi connectivity index (χ1v) is 10.00. The molecule has 1 aromatic heterocycles. The number of rotatable bonds is 8. The molecule has 0 saturated carbocycles. The second-order valence-corrected chi connectivity index (χ2v) is 7.16. The Bertz CT molecular complexity index is 790. The number of amides is 1. The number of benzene rings is 1. The molecule has 1 amide bonds. The number of methoxy groups -OCH3 is 2. The van der Waals surface area contributed by atoms with Crippen LogP contribution in [0.25, 0.3) is 11.4 Å². The summed E-state index contributed by atoms with van der Waals surface area (Å²) in [7, 11) is 3.19. The van der Waals surface area contributed by atoms with E-state index in [1.807, 2.05) is 23.1 Å². The van der Waals surface area contributed by atoms with Gasteiger partial charge in [-0.3, -0.25) is 4.79 Å². The van der Waals surface area contributed by atoms with Gasteiger partial charge in [0.2, 0.25) is 17.6 Å². The third-order valence-electron chi connectivity index (χ3n) is 5.20. The lowest BCUT2D eigenvalue weighted by Crippen LogP contribution is -2.39. The minimum atomic E-state index is 0.0882. The van der Waals surface area contributed by atoms with E-state index in [1.165, 1.54) is 0 Å². The van der Waals surface area contributed by atoms with Crippen LogP contribution in [-0.4, -0.2) is 48.3 Å². The minimum absolute atomic E-state index is 0.0882. The molecule has 0 N–H and O–H groups in total. The Morgan fingerprint density at radius 3 is 2.82 bits per heavy atom. The molecule has 7 heteroatoms. The van der Waals surface area contributed by atoms with Crippen LogP contribution in [0.5, 0.6) is 11.5 Å². The third-order valence-corrected chi connectivity index (χ3v) is 5.20. The predicted octanol–water partition coefficient (Wildman–Crippen LogP) is 4.04. The van der Waals surface area contributed by atoms with Crippen molar-refractivity contribution in [3.63, 3.8) is 0 Å². The summed E-state index contributed by atoms with van der Waals surface area (Å²) in [5.74, 6) is 2.70. The highest BCUT2D eigenvalue weighted by molar-refractivity contribution is 5.76. The zero-order valence-electron chi connectivity index (χ0n) is 16.9. The lowest BCUT2D eigenvalue weighted by molar-refractivity contribution is -0.132. The molecule has 0 radical (unpaired) electrons. The average Bonchev–Trinajstić information content (AvgIpc) is 3.23. The predicted molar refractivity (Wildman–Crippen MR) is 106 cm³/mol. The van der Waals surface area contributed by atoms with Crippen molar-refractivity contribution in [1.29, 1.82) is 0 Å². The van der Waals surface area contributed by atoms with E-state index >= 15 is 0 Å². The smallest absolute Gasteiger partial charge is 0.231 e. The van der Waals surface area contributed by atoms with Crippen LogP contribution < -0.4 is 9.47 Å². The number of ether oxygens (including phenoxy) is 2. The Balaban J connectivity index is 1.68. The van der Waals surface area contributed by atoms with Crippen LogP contribution in [0, 0.1) is 0 Å². The van der Waals surface area contributed by atoms with Crippen molar-refractivity contribution in [2.45, 2.75) is 51.4 Å². The van der Waals surface area contributed by atoms with Crippen molar-refractivity contribution in [2.75, 3.05) is 27.3 Å². The van der Waals surface area contributed by atoms with Crippen molar-refractivity contribution in [1.82, 2.24) is 15.0 Å². The van der Waals surface area contributed by atoms with Crippen molar-refractivity contribution < 1.29 is 18.8 Å². The minimum Gasteiger partial charge on any atom is -0.493 e. The van der Waals surface area contributed by atoms with Gasteiger partial charge in [0.05, 0.1) is 20.1 Å². The summed E-state index contributed by atoms with van der Waals surface area (Å²) in [6.45, 7) is 3.61. The van der Waals surface area contributed by atoms with Crippen molar-refractivity contribution >= 4 is 5.91 Å². The lowest BCUT2D eigenvalue weighted by Gasteiger charge is -2.31. The van der Waals surface area contributed by atoms with Gasteiger partial charge in [-0.2, -0.15) is 4.98 Å². The van der Waals surface area contributed by atoms with Gasteiger partial charge in [-0.25, -0.2) is 0 Å². The SMILES string of the molecule is CCCCCC(=O)N1CCC[C@@H](c2nc(-c3ccc(OC)c(OC)c3)no2)C1. The summed E-state index contributed by atoms with van der Waals surface area (Å²) in [5.41, 5.74) is 0.802. The molecule has 1 atom stereocenters. The maximum absolute atomic E-state index is 12.4. The van der Waals surface area contributed by atoms with Gasteiger partial charge in [0, 0.05) is 25.1 Å². The van der Waals surface area contributed by atoms with Crippen LogP contribution in [0.4, 0.5) is 0 Å². The largest absolute Gasteiger partial charge is 0.493 e. The monoisotopic (exact) mass is 387 g/mol. The second kappa shape index (κ2) is 9.57. The van der Waals surface area contributed by atoms with Gasteiger partial charge in [0.25, 0.3) is 0 Å². The fraction of sp³-hybridized carbons (Fsp3) is 0.571. The van der Waals surface area contributed by atoms with Gasteiger partial charge in [-0.1, -0.05) is 24.9 Å². The highest BCUT2D eigenvalue weighted by atomic mass is 16.5. The molecule has 0 unspecified atom stereocenters. The van der Waals surface area contributed by atoms with Crippen LogP contribution in [0.3, 0.4) is 0 Å². The number of aromatic nitrogens is 2. The normalized spacial score (nSPS) is 16.8. The highest BCUT2D eigenvalue weighted by Gasteiger charge is 2.28. The molecule has 1 aromatic carbocycles. The molecule has 0 spiro atoms. The number of likely N-dealkylation sites (tertiary alicyclic amines) is 1. The second-order valence-electron chi connectivity index (χ2n) is 7.16. The van der Waals surface area contributed by atoms with Gasteiger partial charge in [0.1, 0.15) is 0 Å². The fourth-order valence-electron chi connectivity index (χ4n) is 3.58. The molecule has 3 rings (SSSR count). The van der Waals surface area contributed by atoms with Crippen LogP contribution in [0.1, 0.15) is 57.3 Å². The third kappa shape index (κ3) is 4.64. The van der Waals surface area contributed by atoms with E-state index in [-0.39, 0.29) is 11.8 Å². The van der Waals surface area contributed by atoms with E-state index in [9.17, 15) is 4.79 Å². The van der Waals surface area contributed by atoms with E-state index in [0.717, 1.165) is 44.2 Å². The molecule has 0 aliphatic carbocycles. The van der Waals surface area contributed by atoms with E-state index in [1.54, 1.807) is 14.2 Å². The topological polar surface area (TPSA) is 77.7 Å². The molecule has 1 fully saturated rings. The van der Waals surface area contributed by atoms with E-state index in [2.05, 4.69) is 17.1 Å². The first-order chi connectivity index (χ1) is 13.7. The summed E-state index contributed by atoms with van der Waals surface area (Å²) in [6, 6.07) is 5.53. The van der Waals surface area contributed by atoms with Gasteiger partial charge >= 0.3 is 0 Å². The standard InChI is InChI=1S/C21H29N3O4/c1-4-5-6-9-19(25)24-12-7-8-16(14-24)21-22-20(23-28-21)15-10-11-17(26-2)18(13-15)27-3/h10-11,13,16H,4-9,12,14H2,1-3H3/t16-/m1/s1. The van der Waals surface area contributed by atoms with Crippen LogP contribution in [0.2, 0.25) is 0 Å². The summed E-state index contributed by atoms with van der Waals surface area (Å²) < 4.78 is 16.2. The molecular formula is C21H29N3O4. The molecule has 2 aromatic rings. The van der Waals surface area contributed by atoms with Gasteiger partial charge in [0.15, 0.2) is 11.5 Å². The molecule has 152 valence electrons. The van der Waals surface area contributed by atoms with E-state index < -0.39 is 0 Å². The van der Waals surface area contributed by atoms with Crippen molar-refractivity contribution in [2.24, 2.45) is 0 Å². The number of hydrogen-bond acceptors (Lipinski definition) is 6. The zero-order valence-corrected chi connectivity index (χ0v) is 16.9. The molecule has 7 nitrogen and oxygen atoms in total. The van der Waals surface area contributed by atoms with Crippen LogP contribution >= 0.6 is 0 Å². The van der Waals surface area contributed by atoms with Crippen molar-refractivity contribution in [3.8, 4) is 22.9 Å². The Kier molecular flexibility index (Phi) is 6.90. The van der Waals surface area contributed by atoms with Crippen molar-refractivity contribution in [3.05, 3.63) is 24.1 Å². The molecule has 0 bridgehead atoms. The summed E-state index contributed by atoms with van der Waals surface area (Å²) in [6.07, 6.45) is 5.71. The Morgan fingerprint density at radius 2 is 2.07 bits per heavy atom. The number of nitrogens with zero attached hydrogens (tertiary/aromatic N) is 3. The Labute approximate surface area is 166 Å². The molecular weight excluding hydrogens is 358 g/mol. The highest BCUT2D eigenvalue weighted by Crippen LogP contribution is 2.32. The maximum Gasteiger partial charge on any atom is 0.231 e. The number of hydrogen-bond donors (Lipinski definition) is 0. The molecule has 2 heterocycles. The van der Waals surface area contributed by atoms with Gasteiger partial charge < -0.3 is 18.9 Å². The van der Waals surface area contributed by atoms with Gasteiger partial charge in [-0.15, -0.1) is 0 Å².